The van der Waals surface area contributed by atoms with Crippen LogP contribution in [0.5, 0.6) is 0 Å². The van der Waals surface area contributed by atoms with E-state index in [9.17, 15) is 37.5 Å². The maximum Gasteiger partial charge on any atom is 0.391 e. The van der Waals surface area contributed by atoms with Gasteiger partial charge in [-0.2, -0.15) is 13.2 Å². The summed E-state index contributed by atoms with van der Waals surface area (Å²) in [5, 5.41) is 15.5. The Hall–Kier alpha value is -4.23. The first kappa shape index (κ1) is 39.6. The molecule has 4 rings (SSSR count). The summed E-state index contributed by atoms with van der Waals surface area (Å²) in [5.74, 6) is -4.89. The van der Waals surface area contributed by atoms with Gasteiger partial charge in [-0.3, -0.25) is 19.2 Å². The molecule has 1 fully saturated rings. The molecule has 0 aliphatic carbocycles. The predicted molar refractivity (Wildman–Crippen MR) is 186 cm³/mol. The van der Waals surface area contributed by atoms with Crippen LogP contribution in [-0.2, 0) is 16.1 Å². The first-order chi connectivity index (χ1) is 24.0. The summed E-state index contributed by atoms with van der Waals surface area (Å²) in [6.07, 6.45) is -2.87. The van der Waals surface area contributed by atoms with Gasteiger partial charge >= 0.3 is 12.1 Å². The van der Waals surface area contributed by atoms with Crippen molar-refractivity contribution < 1.29 is 37.1 Å². The van der Waals surface area contributed by atoms with Crippen LogP contribution in [-0.4, -0.2) is 64.2 Å². The van der Waals surface area contributed by atoms with Crippen LogP contribution in [0.1, 0.15) is 77.7 Å². The molecule has 2 aromatic carbocycles. The maximum absolute atomic E-state index is 15.7. The Kier molecular flexibility index (Phi) is 13.1. The zero-order chi connectivity index (χ0) is 37.6. The van der Waals surface area contributed by atoms with E-state index in [1.54, 1.807) is 32.0 Å². The number of carboxylic acid groups (broad SMARTS) is 1. The molecule has 0 radical (unpaired) electrons. The average Bonchev–Trinajstić information content (AvgIpc) is 3.04. The molecule has 1 aliphatic rings. The highest BCUT2D eigenvalue weighted by Crippen LogP contribution is 2.35. The molecule has 1 aromatic heterocycles. The van der Waals surface area contributed by atoms with Crippen molar-refractivity contribution in [2.75, 3.05) is 19.6 Å². The van der Waals surface area contributed by atoms with Crippen LogP contribution in [0.25, 0.3) is 11.1 Å². The zero-order valence-electron chi connectivity index (χ0n) is 29.0. The summed E-state index contributed by atoms with van der Waals surface area (Å²) in [4.78, 5) is 54.1. The number of hydrogen-bond acceptors (Lipinski definition) is 5. The fourth-order valence-electron chi connectivity index (χ4n) is 6.66. The molecule has 3 aromatic rings. The average molecular weight is 735 g/mol. The Morgan fingerprint density at radius 2 is 1.65 bits per heavy atom. The number of aromatic nitrogens is 1. The van der Waals surface area contributed by atoms with Crippen molar-refractivity contribution >= 4 is 29.4 Å². The molecule has 9 nitrogen and oxygen atoms in total. The highest BCUT2D eigenvalue weighted by molar-refractivity contribution is 6.30. The van der Waals surface area contributed by atoms with Gasteiger partial charge in [0.2, 0.25) is 5.91 Å². The Bertz CT molecular complexity index is 1800. The van der Waals surface area contributed by atoms with E-state index >= 15 is 4.39 Å². The number of carbonyl (C=O) groups excluding carboxylic acids is 2. The molecule has 3 N–H and O–H groups in total. The molecule has 2 heterocycles. The van der Waals surface area contributed by atoms with Crippen LogP contribution in [0, 0.1) is 32.5 Å². The van der Waals surface area contributed by atoms with Crippen LogP contribution in [0.3, 0.4) is 0 Å². The third kappa shape index (κ3) is 9.97. The Balaban J connectivity index is 1.52. The largest absolute Gasteiger partial charge is 0.481 e. The molecule has 0 saturated carbocycles. The van der Waals surface area contributed by atoms with Gasteiger partial charge in [-0.15, -0.1) is 0 Å². The third-order valence-electron chi connectivity index (χ3n) is 9.31. The first-order valence-corrected chi connectivity index (χ1v) is 17.3. The number of piperidine rings is 1. The van der Waals surface area contributed by atoms with Gasteiger partial charge in [-0.1, -0.05) is 24.9 Å². The van der Waals surface area contributed by atoms with Crippen molar-refractivity contribution in [1.82, 2.24) is 20.1 Å². The van der Waals surface area contributed by atoms with Crippen molar-refractivity contribution in [3.05, 3.63) is 91.6 Å². The molecule has 276 valence electrons. The number of nitrogens with one attached hydrogen (secondary N) is 2. The highest BCUT2D eigenvalue weighted by Gasteiger charge is 2.41. The van der Waals surface area contributed by atoms with Crippen LogP contribution < -0.4 is 16.2 Å². The van der Waals surface area contributed by atoms with Gasteiger partial charge in [-0.05, 0) is 117 Å². The normalized spacial score (nSPS) is 15.3. The molecule has 51 heavy (non-hydrogen) atoms. The van der Waals surface area contributed by atoms with Gasteiger partial charge in [0.15, 0.2) is 0 Å². The number of aryl methyl sites for hydroxylation is 3. The molecular weight excluding hydrogens is 692 g/mol. The topological polar surface area (TPSA) is 121 Å². The Labute approximate surface area is 299 Å². The standard InChI is InChI=1S/C37H43ClF4N4O5/c1-5-7-29(43-34(49)27-8-6-11-46(36(27)51)15-14-45-12-9-25(10-13-45)37(40,41)42)35(50)44-30(20-31(47)48)28-19-24(16-23(4)33(28)39)32-21(2)17-26(38)18-22(32)3/h6,8,11,16-19,25,29-30H,5,7,9-10,12-15,20H2,1-4H3,(H,43,49)(H,44,50)(H,47,48)/t29-,30-/m0/s1. The number of nitrogens with zero attached hydrogens (tertiary/aromatic N) is 2. The minimum absolute atomic E-state index is 0.0194. The van der Waals surface area contributed by atoms with Crippen LogP contribution in [0.15, 0.2) is 47.4 Å². The summed E-state index contributed by atoms with van der Waals surface area (Å²) >= 11 is 6.22. The molecule has 14 heteroatoms. The van der Waals surface area contributed by atoms with E-state index < -0.39 is 59.8 Å². The van der Waals surface area contributed by atoms with Crippen molar-refractivity contribution in [3.63, 3.8) is 0 Å². The van der Waals surface area contributed by atoms with Crippen molar-refractivity contribution in [3.8, 4) is 11.1 Å². The van der Waals surface area contributed by atoms with Gasteiger partial charge < -0.3 is 25.2 Å². The molecule has 1 saturated heterocycles. The molecule has 2 amide bonds. The summed E-state index contributed by atoms with van der Waals surface area (Å²) in [6, 6.07) is 7.00. The molecule has 1 aliphatic heterocycles. The number of benzene rings is 2. The van der Waals surface area contributed by atoms with E-state index in [1.807, 2.05) is 18.7 Å². The van der Waals surface area contributed by atoms with Crippen molar-refractivity contribution in [2.45, 2.75) is 84.6 Å². The first-order valence-electron chi connectivity index (χ1n) is 16.9. The van der Waals surface area contributed by atoms with Crippen LogP contribution in [0.2, 0.25) is 5.02 Å². The van der Waals surface area contributed by atoms with Gasteiger partial charge in [-0.25, -0.2) is 4.39 Å². The second kappa shape index (κ2) is 16.9. The number of hydrogen-bond donors (Lipinski definition) is 3. The lowest BCUT2D eigenvalue weighted by Crippen LogP contribution is -2.49. The molecule has 2 atom stereocenters. The third-order valence-corrected chi connectivity index (χ3v) is 9.53. The minimum atomic E-state index is -4.23. The van der Waals surface area contributed by atoms with Gasteiger partial charge in [0, 0.05) is 29.9 Å². The minimum Gasteiger partial charge on any atom is -0.481 e. The van der Waals surface area contributed by atoms with E-state index in [0.29, 0.717) is 23.6 Å². The van der Waals surface area contributed by atoms with Crippen LogP contribution in [0.4, 0.5) is 17.6 Å². The van der Waals surface area contributed by atoms with Crippen LogP contribution >= 0.6 is 11.6 Å². The summed E-state index contributed by atoms with van der Waals surface area (Å²) < 4.78 is 56.1. The summed E-state index contributed by atoms with van der Waals surface area (Å²) in [5.41, 5.74) is 2.38. The van der Waals surface area contributed by atoms with Gasteiger partial charge in [0.1, 0.15) is 17.4 Å². The number of carbonyl (C=O) groups is 3. The van der Waals surface area contributed by atoms with E-state index in [1.165, 1.54) is 29.0 Å². The second-order valence-electron chi connectivity index (χ2n) is 13.2. The van der Waals surface area contributed by atoms with Gasteiger partial charge in [0.05, 0.1) is 18.4 Å². The fraction of sp³-hybridized carbons (Fsp3) is 0.459. The number of likely N-dealkylation sites (tertiary alicyclic amines) is 1. The number of amides is 2. The van der Waals surface area contributed by atoms with E-state index in [4.69, 9.17) is 11.6 Å². The molecular formula is C37H43ClF4N4O5. The SMILES string of the molecule is CCC[C@H](NC(=O)c1cccn(CCN2CCC(C(F)(F)F)CC2)c1=O)C(=O)N[C@@H](CC(=O)O)c1cc(-c2c(C)cc(Cl)cc2C)cc(C)c1F. The molecule has 0 bridgehead atoms. The number of pyridine rings is 1. The van der Waals surface area contributed by atoms with E-state index in [2.05, 4.69) is 10.6 Å². The number of carboxylic acids is 1. The number of aliphatic carboxylic acids is 1. The highest BCUT2D eigenvalue weighted by atomic mass is 35.5. The molecule has 0 unspecified atom stereocenters. The second-order valence-corrected chi connectivity index (χ2v) is 13.6. The lowest BCUT2D eigenvalue weighted by atomic mass is 9.90. The maximum atomic E-state index is 15.7. The summed E-state index contributed by atoms with van der Waals surface area (Å²) in [6.45, 7) is 7.97. The Morgan fingerprint density at radius 1 is 1.00 bits per heavy atom. The van der Waals surface area contributed by atoms with Crippen molar-refractivity contribution in [1.29, 1.82) is 0 Å². The number of alkyl halides is 3. The Morgan fingerprint density at radius 3 is 2.24 bits per heavy atom. The van der Waals surface area contributed by atoms with Crippen molar-refractivity contribution in [2.24, 2.45) is 5.92 Å². The smallest absolute Gasteiger partial charge is 0.391 e. The number of rotatable bonds is 13. The fourth-order valence-corrected chi connectivity index (χ4v) is 6.99. The lowest BCUT2D eigenvalue weighted by molar-refractivity contribution is -0.185. The summed E-state index contributed by atoms with van der Waals surface area (Å²) in [7, 11) is 0. The monoisotopic (exact) mass is 734 g/mol. The number of halogens is 5. The lowest BCUT2D eigenvalue weighted by Gasteiger charge is -2.32. The quantitative estimate of drug-likeness (QED) is 0.168. The van der Waals surface area contributed by atoms with E-state index in [0.717, 1.165) is 16.7 Å². The zero-order valence-corrected chi connectivity index (χ0v) is 29.8. The predicted octanol–water partition coefficient (Wildman–Crippen LogP) is 6.74. The molecule has 0 spiro atoms. The van der Waals surface area contributed by atoms with E-state index in [-0.39, 0.29) is 55.6 Å². The van der Waals surface area contributed by atoms with Gasteiger partial charge in [0.25, 0.3) is 11.5 Å².